The van der Waals surface area contributed by atoms with Crippen LogP contribution in [0.1, 0.15) is 23.9 Å². The molecule has 0 saturated heterocycles. The highest BCUT2D eigenvalue weighted by Crippen LogP contribution is 2.29. The van der Waals surface area contributed by atoms with Gasteiger partial charge in [-0.3, -0.25) is 0 Å². The molecule has 2 aromatic carbocycles. The third-order valence-corrected chi connectivity index (χ3v) is 4.63. The fraction of sp³-hybridized carbons (Fsp3) is 0.286. The van der Waals surface area contributed by atoms with E-state index in [1.807, 2.05) is 13.0 Å². The second-order valence-corrected chi connectivity index (χ2v) is 7.19. The largest absolute Gasteiger partial charge is 0.493 e. The van der Waals surface area contributed by atoms with Gasteiger partial charge < -0.3 is 9.30 Å². The van der Waals surface area contributed by atoms with Crippen LogP contribution >= 0.6 is 0 Å². The minimum Gasteiger partial charge on any atom is -0.493 e. The molecule has 1 heterocycles. The zero-order valence-electron chi connectivity index (χ0n) is 16.9. The van der Waals surface area contributed by atoms with Crippen LogP contribution in [0.4, 0.5) is 0 Å². The molecule has 0 aliphatic heterocycles. The predicted octanol–water partition coefficient (Wildman–Crippen LogP) is -2.38. The van der Waals surface area contributed by atoms with Crippen molar-refractivity contribution in [1.82, 2.24) is 4.57 Å². The highest BCUT2D eigenvalue weighted by Gasteiger charge is 2.15. The SMILES string of the molecule is CCOc1cccc(=[NH+]Cc2ccccc2)c2c(C)n(C)c(C)c12.[O-][Cl+3]([O-])([O-])[O-]. The minimum atomic E-state index is -4.94. The van der Waals surface area contributed by atoms with E-state index in [-0.39, 0.29) is 0 Å². The molecule has 1 N–H and O–H groups in total. The van der Waals surface area contributed by atoms with Crippen LogP contribution in [0, 0.1) is 24.1 Å². The molecule has 0 fully saturated rings. The second kappa shape index (κ2) is 9.87. The average Bonchev–Trinajstić information content (AvgIpc) is 2.80. The standard InChI is InChI=1S/C21H24N2O.ClHO4/c1-5-24-19-13-9-12-18(22-14-17-10-7-6-8-11-17)20-15(2)23(4)16(3)21(19)20;2-1(3,4)5/h6-13H,5,14H2,1-4H3;(H,2,3,4,5). The maximum absolute atomic E-state index is 8.49. The number of nitrogens with zero attached hydrogens (tertiary/aromatic N) is 1. The number of halogens is 1. The molecule has 156 valence electrons. The number of nitrogens with one attached hydrogen (secondary N) is 1. The van der Waals surface area contributed by atoms with Crippen LogP contribution < -0.4 is 33.7 Å². The Morgan fingerprint density at radius 2 is 1.48 bits per heavy atom. The van der Waals surface area contributed by atoms with E-state index in [1.54, 1.807) is 0 Å². The monoisotopic (exact) mass is 420 g/mol. The predicted molar refractivity (Wildman–Crippen MR) is 97.8 cm³/mol. The summed E-state index contributed by atoms with van der Waals surface area (Å²) >= 11 is 0. The van der Waals surface area contributed by atoms with E-state index in [2.05, 4.69) is 72.9 Å². The topological polar surface area (TPSA) is 120 Å². The molecule has 7 nitrogen and oxygen atoms in total. The van der Waals surface area contributed by atoms with Gasteiger partial charge in [-0.1, -0.05) is 36.4 Å². The van der Waals surface area contributed by atoms with E-state index in [9.17, 15) is 0 Å². The third kappa shape index (κ3) is 6.28. The Kier molecular flexibility index (Phi) is 7.78. The first-order chi connectivity index (χ1) is 13.6. The Morgan fingerprint density at radius 3 is 2.07 bits per heavy atom. The highest BCUT2D eigenvalue weighted by atomic mass is 35.7. The summed E-state index contributed by atoms with van der Waals surface area (Å²) < 4.78 is 42.1. The highest BCUT2D eigenvalue weighted by molar-refractivity contribution is 5.92. The molecule has 29 heavy (non-hydrogen) atoms. The van der Waals surface area contributed by atoms with Gasteiger partial charge in [0.05, 0.1) is 17.4 Å². The maximum Gasteiger partial charge on any atom is 0.208 e. The van der Waals surface area contributed by atoms with Gasteiger partial charge in [-0.15, -0.1) is 10.2 Å². The van der Waals surface area contributed by atoms with Crippen molar-refractivity contribution in [3.63, 3.8) is 0 Å². The Balaban J connectivity index is 0.000000537. The molecular formula is C21H25ClN2O5. The van der Waals surface area contributed by atoms with Gasteiger partial charge in [-0.05, 0) is 26.8 Å². The van der Waals surface area contributed by atoms with Crippen LogP contribution in [0.5, 0.6) is 5.75 Å². The summed E-state index contributed by atoms with van der Waals surface area (Å²) in [6.45, 7) is 7.81. The van der Waals surface area contributed by atoms with Gasteiger partial charge in [0.1, 0.15) is 5.75 Å². The summed E-state index contributed by atoms with van der Waals surface area (Å²) in [6, 6.07) is 16.7. The number of rotatable bonds is 4. The molecule has 0 aliphatic rings. The van der Waals surface area contributed by atoms with Gasteiger partial charge >= 0.3 is 0 Å². The third-order valence-electron chi connectivity index (χ3n) is 4.63. The molecule has 0 saturated carbocycles. The van der Waals surface area contributed by atoms with Gasteiger partial charge in [0.15, 0.2) is 6.54 Å². The van der Waals surface area contributed by atoms with Crippen molar-refractivity contribution in [3.05, 3.63) is 70.8 Å². The van der Waals surface area contributed by atoms with Crippen molar-refractivity contribution in [3.8, 4) is 5.75 Å². The lowest BCUT2D eigenvalue weighted by molar-refractivity contribution is -2.00. The molecule has 0 aliphatic carbocycles. The van der Waals surface area contributed by atoms with E-state index in [1.165, 1.54) is 27.7 Å². The second-order valence-electron chi connectivity index (χ2n) is 6.43. The Labute approximate surface area is 171 Å². The molecule has 8 heteroatoms. The summed E-state index contributed by atoms with van der Waals surface area (Å²) in [5.74, 6) is 0.946. The zero-order valence-corrected chi connectivity index (χ0v) is 17.7. The number of aryl methyl sites for hydroxylation is 2. The van der Waals surface area contributed by atoms with Crippen LogP contribution in [0.3, 0.4) is 0 Å². The van der Waals surface area contributed by atoms with E-state index in [4.69, 9.17) is 23.4 Å². The van der Waals surface area contributed by atoms with Crippen LogP contribution in [0.2, 0.25) is 0 Å². The van der Waals surface area contributed by atoms with Crippen molar-refractivity contribution in [2.24, 2.45) is 7.05 Å². The molecule has 0 atom stereocenters. The summed E-state index contributed by atoms with van der Waals surface area (Å²) in [5, 5.41) is 3.57. The van der Waals surface area contributed by atoms with Crippen LogP contribution in [0.15, 0.2) is 48.5 Å². The molecule has 0 bridgehead atoms. The summed E-state index contributed by atoms with van der Waals surface area (Å²) in [7, 11) is -2.83. The lowest BCUT2D eigenvalue weighted by Gasteiger charge is -2.17. The molecule has 0 amide bonds. The number of hydrogen-bond donors (Lipinski definition) is 1. The number of benzene rings is 1. The van der Waals surface area contributed by atoms with Crippen LogP contribution in [-0.4, -0.2) is 11.2 Å². The fourth-order valence-corrected chi connectivity index (χ4v) is 3.19. The lowest BCUT2D eigenvalue weighted by atomic mass is 10.2. The maximum atomic E-state index is 8.49. The first-order valence-electron chi connectivity index (χ1n) is 9.07. The summed E-state index contributed by atoms with van der Waals surface area (Å²) in [4.78, 5) is 3.61. The van der Waals surface area contributed by atoms with Crippen LogP contribution in [-0.2, 0) is 13.6 Å². The first kappa shape index (κ1) is 22.9. The van der Waals surface area contributed by atoms with Crippen molar-refractivity contribution >= 4 is 10.8 Å². The number of hydrogen-bond acceptors (Lipinski definition) is 5. The smallest absolute Gasteiger partial charge is 0.208 e. The van der Waals surface area contributed by atoms with Gasteiger partial charge in [0.2, 0.25) is 5.36 Å². The van der Waals surface area contributed by atoms with Gasteiger partial charge in [-0.2, -0.15) is 0 Å². The molecule has 0 unspecified atom stereocenters. The van der Waals surface area contributed by atoms with Gasteiger partial charge in [0.25, 0.3) is 0 Å². The van der Waals surface area contributed by atoms with Crippen molar-refractivity contribution in [2.75, 3.05) is 6.61 Å². The Hall–Kier alpha value is -2.42. The summed E-state index contributed by atoms with van der Waals surface area (Å²) in [5.41, 5.74) is 3.74. The lowest BCUT2D eigenvalue weighted by Crippen LogP contribution is -2.74. The molecule has 3 aromatic rings. The number of aromatic nitrogens is 1. The van der Waals surface area contributed by atoms with E-state index >= 15 is 0 Å². The molecule has 0 radical (unpaired) electrons. The van der Waals surface area contributed by atoms with Gasteiger partial charge in [-0.25, -0.2) is 23.6 Å². The molecule has 1 aromatic heterocycles. The fourth-order valence-electron chi connectivity index (χ4n) is 3.19. The molecular weight excluding hydrogens is 396 g/mol. The number of fused-ring (bicyclic) bond motifs is 1. The van der Waals surface area contributed by atoms with Crippen LogP contribution in [0.25, 0.3) is 10.8 Å². The van der Waals surface area contributed by atoms with Gasteiger partial charge in [0, 0.05) is 30.1 Å². The first-order valence-corrected chi connectivity index (χ1v) is 10.3. The molecule has 0 spiro atoms. The quantitative estimate of drug-likeness (QED) is 0.505. The van der Waals surface area contributed by atoms with Crippen molar-refractivity contribution in [2.45, 2.75) is 27.3 Å². The normalized spacial score (nSPS) is 11.9. The Morgan fingerprint density at radius 1 is 0.897 bits per heavy atom. The van der Waals surface area contributed by atoms with E-state index in [0.717, 1.165) is 17.7 Å². The summed E-state index contributed by atoms with van der Waals surface area (Å²) in [6.07, 6.45) is 0. The van der Waals surface area contributed by atoms with E-state index in [0.29, 0.717) is 6.61 Å². The van der Waals surface area contributed by atoms with E-state index < -0.39 is 10.2 Å². The Bertz CT molecular complexity index is 1020. The zero-order chi connectivity index (χ0) is 21.6. The minimum absolute atomic E-state index is 0.666. The van der Waals surface area contributed by atoms with Crippen molar-refractivity contribution < 1.29 is 38.6 Å². The molecule has 3 rings (SSSR count). The average molecular weight is 421 g/mol. The number of ether oxygens (including phenoxy) is 1. The van der Waals surface area contributed by atoms with Crippen molar-refractivity contribution in [1.29, 1.82) is 0 Å².